The van der Waals surface area contributed by atoms with Crippen molar-refractivity contribution in [3.8, 4) is 5.75 Å². The van der Waals surface area contributed by atoms with Gasteiger partial charge in [0.1, 0.15) is 17.1 Å². The third-order valence-corrected chi connectivity index (χ3v) is 5.61. The fourth-order valence-electron chi connectivity index (χ4n) is 3.71. The van der Waals surface area contributed by atoms with E-state index in [0.717, 1.165) is 16.4 Å². The topological polar surface area (TPSA) is 68.2 Å². The minimum atomic E-state index is -4.53. The number of amides is 1. The second-order valence-electron chi connectivity index (χ2n) is 7.55. The normalized spacial score (nSPS) is 17.9. The van der Waals surface area contributed by atoms with Crippen molar-refractivity contribution < 1.29 is 22.7 Å². The standard InChI is InChI=1S/C22H20ClF3N4O2/c1-12-3-5-13(6-4-12)16-10-19(22(24,25)26)30-20(28-16)15(11-27-30)21(31)29-17-9-14(23)7-8-18(17)32-2/h3-9,11,16,19,28H,10H2,1-2H3,(H,29,31)/t16-,19-/m1/s1. The van der Waals surface area contributed by atoms with Crippen molar-refractivity contribution in [1.29, 1.82) is 0 Å². The molecule has 0 radical (unpaired) electrons. The molecule has 2 atom stereocenters. The number of carbonyl (C=O) groups excluding carboxylic acids is 1. The van der Waals surface area contributed by atoms with E-state index < -0.39 is 24.2 Å². The van der Waals surface area contributed by atoms with E-state index in [1.807, 2.05) is 19.1 Å². The highest BCUT2D eigenvalue weighted by molar-refractivity contribution is 6.31. The number of benzene rings is 2. The summed E-state index contributed by atoms with van der Waals surface area (Å²) in [6, 6.07) is 9.40. The molecule has 0 saturated carbocycles. The first-order valence-electron chi connectivity index (χ1n) is 9.79. The van der Waals surface area contributed by atoms with Gasteiger partial charge < -0.3 is 15.4 Å². The molecule has 10 heteroatoms. The minimum Gasteiger partial charge on any atom is -0.495 e. The number of fused-ring (bicyclic) bond motifs is 1. The highest BCUT2D eigenvalue weighted by Crippen LogP contribution is 2.44. The average Bonchev–Trinajstić information content (AvgIpc) is 3.17. The first kappa shape index (κ1) is 22.0. The van der Waals surface area contributed by atoms with Crippen LogP contribution in [-0.2, 0) is 0 Å². The molecule has 0 unspecified atom stereocenters. The van der Waals surface area contributed by atoms with Crippen molar-refractivity contribution in [2.75, 3.05) is 17.7 Å². The second kappa shape index (κ2) is 8.38. The molecule has 6 nitrogen and oxygen atoms in total. The third kappa shape index (κ3) is 4.25. The van der Waals surface area contributed by atoms with E-state index in [0.29, 0.717) is 22.0 Å². The van der Waals surface area contributed by atoms with Crippen molar-refractivity contribution in [2.24, 2.45) is 0 Å². The van der Waals surface area contributed by atoms with Gasteiger partial charge in [0.15, 0.2) is 6.04 Å². The van der Waals surface area contributed by atoms with Gasteiger partial charge in [-0.25, -0.2) is 4.68 Å². The van der Waals surface area contributed by atoms with Crippen LogP contribution in [0.5, 0.6) is 5.75 Å². The number of anilines is 2. The smallest absolute Gasteiger partial charge is 0.410 e. The minimum absolute atomic E-state index is 0.00245. The number of halogens is 4. The summed E-state index contributed by atoms with van der Waals surface area (Å²) in [5, 5.41) is 9.97. The van der Waals surface area contributed by atoms with E-state index in [-0.39, 0.29) is 17.8 Å². The summed E-state index contributed by atoms with van der Waals surface area (Å²) in [6.07, 6.45) is -3.65. The number of carbonyl (C=O) groups is 1. The Labute approximate surface area is 187 Å². The van der Waals surface area contributed by atoms with E-state index in [1.165, 1.54) is 13.2 Å². The van der Waals surface area contributed by atoms with E-state index >= 15 is 0 Å². The molecule has 1 amide bonds. The quantitative estimate of drug-likeness (QED) is 0.514. The van der Waals surface area contributed by atoms with E-state index in [9.17, 15) is 18.0 Å². The van der Waals surface area contributed by atoms with E-state index in [1.54, 1.807) is 24.3 Å². The number of hydrogen-bond donors (Lipinski definition) is 2. The Balaban J connectivity index is 1.70. The first-order valence-corrected chi connectivity index (χ1v) is 10.2. The van der Waals surface area contributed by atoms with E-state index in [2.05, 4.69) is 15.7 Å². The zero-order chi connectivity index (χ0) is 23.0. The van der Waals surface area contributed by atoms with Gasteiger partial charge >= 0.3 is 6.18 Å². The van der Waals surface area contributed by atoms with Gasteiger partial charge in [0.25, 0.3) is 5.91 Å². The number of aryl methyl sites for hydroxylation is 1. The van der Waals surface area contributed by atoms with Crippen molar-refractivity contribution in [3.05, 3.63) is 70.4 Å². The Morgan fingerprint density at radius 3 is 2.62 bits per heavy atom. The van der Waals surface area contributed by atoms with Gasteiger partial charge in [0.2, 0.25) is 0 Å². The highest BCUT2D eigenvalue weighted by Gasteiger charge is 2.47. The van der Waals surface area contributed by atoms with Crippen LogP contribution >= 0.6 is 11.6 Å². The predicted molar refractivity (Wildman–Crippen MR) is 115 cm³/mol. The van der Waals surface area contributed by atoms with Crippen LogP contribution in [0.25, 0.3) is 0 Å². The lowest BCUT2D eigenvalue weighted by Gasteiger charge is -2.34. The maximum Gasteiger partial charge on any atom is 0.410 e. The van der Waals surface area contributed by atoms with Crippen molar-refractivity contribution in [3.63, 3.8) is 0 Å². The molecule has 2 aromatic carbocycles. The predicted octanol–water partition coefficient (Wildman–Crippen LogP) is 5.77. The molecule has 0 spiro atoms. The Hall–Kier alpha value is -3.20. The Morgan fingerprint density at radius 1 is 1.25 bits per heavy atom. The number of ether oxygens (including phenoxy) is 1. The summed E-state index contributed by atoms with van der Waals surface area (Å²) in [4.78, 5) is 13.0. The molecule has 0 aliphatic carbocycles. The van der Waals surface area contributed by atoms with Crippen molar-refractivity contribution in [2.45, 2.75) is 31.6 Å². The van der Waals surface area contributed by atoms with Gasteiger partial charge in [-0.15, -0.1) is 0 Å². The Kier molecular flexibility index (Phi) is 5.77. The fraction of sp³-hybridized carbons (Fsp3) is 0.273. The largest absolute Gasteiger partial charge is 0.495 e. The molecule has 3 aromatic rings. The summed E-state index contributed by atoms with van der Waals surface area (Å²) in [6.45, 7) is 1.90. The van der Waals surface area contributed by atoms with Crippen LogP contribution in [0.2, 0.25) is 5.02 Å². The van der Waals surface area contributed by atoms with E-state index in [4.69, 9.17) is 16.3 Å². The van der Waals surface area contributed by atoms with Gasteiger partial charge in [0.05, 0.1) is 25.0 Å². The van der Waals surface area contributed by atoms with Crippen LogP contribution in [0.4, 0.5) is 24.7 Å². The number of alkyl halides is 3. The molecule has 1 aromatic heterocycles. The summed E-state index contributed by atoms with van der Waals surface area (Å²) < 4.78 is 47.6. The summed E-state index contributed by atoms with van der Waals surface area (Å²) in [7, 11) is 1.43. The molecule has 0 fully saturated rings. The molecule has 2 N–H and O–H groups in total. The molecule has 2 heterocycles. The lowest BCUT2D eigenvalue weighted by atomic mass is 9.96. The molecule has 0 bridgehead atoms. The van der Waals surface area contributed by atoms with Crippen molar-refractivity contribution >= 4 is 29.0 Å². The highest BCUT2D eigenvalue weighted by atomic mass is 35.5. The van der Waals surface area contributed by atoms with Gasteiger partial charge in [0, 0.05) is 11.4 Å². The Bertz CT molecular complexity index is 1150. The summed E-state index contributed by atoms with van der Waals surface area (Å²) in [5.41, 5.74) is 1.97. The molecule has 168 valence electrons. The van der Waals surface area contributed by atoms with Crippen LogP contribution in [0.15, 0.2) is 48.7 Å². The molecule has 1 aliphatic heterocycles. The third-order valence-electron chi connectivity index (χ3n) is 5.37. The first-order chi connectivity index (χ1) is 15.2. The van der Waals surface area contributed by atoms with Gasteiger partial charge in [-0.05, 0) is 30.7 Å². The van der Waals surface area contributed by atoms with Crippen LogP contribution < -0.4 is 15.4 Å². The van der Waals surface area contributed by atoms with Gasteiger partial charge in [-0.2, -0.15) is 18.3 Å². The number of nitrogens with zero attached hydrogens (tertiary/aromatic N) is 2. The lowest BCUT2D eigenvalue weighted by Crippen LogP contribution is -2.36. The monoisotopic (exact) mass is 464 g/mol. The fourth-order valence-corrected chi connectivity index (χ4v) is 3.89. The summed E-state index contributed by atoms with van der Waals surface area (Å²) in [5.74, 6) is -0.269. The van der Waals surface area contributed by atoms with Gasteiger partial charge in [-0.3, -0.25) is 4.79 Å². The lowest BCUT2D eigenvalue weighted by molar-refractivity contribution is -0.173. The van der Waals surface area contributed by atoms with Crippen molar-refractivity contribution in [1.82, 2.24) is 9.78 Å². The number of rotatable bonds is 4. The van der Waals surface area contributed by atoms with Crippen LogP contribution in [0.3, 0.4) is 0 Å². The molecular formula is C22H20ClF3N4O2. The summed E-state index contributed by atoms with van der Waals surface area (Å²) >= 11 is 6.00. The molecule has 0 saturated heterocycles. The zero-order valence-corrected chi connectivity index (χ0v) is 18.0. The molecule has 1 aliphatic rings. The van der Waals surface area contributed by atoms with Crippen LogP contribution in [-0.4, -0.2) is 29.0 Å². The number of methoxy groups -OCH3 is 1. The number of nitrogens with one attached hydrogen (secondary N) is 2. The maximum atomic E-state index is 13.9. The molecule has 32 heavy (non-hydrogen) atoms. The van der Waals surface area contributed by atoms with Crippen LogP contribution in [0, 0.1) is 6.92 Å². The maximum absolute atomic E-state index is 13.9. The SMILES string of the molecule is COc1ccc(Cl)cc1NC(=O)c1cnn2c1N[C@@H](c1ccc(C)cc1)C[C@@H]2C(F)(F)F. The number of aromatic nitrogens is 2. The van der Waals surface area contributed by atoms with Gasteiger partial charge in [-0.1, -0.05) is 41.4 Å². The Morgan fingerprint density at radius 2 is 1.97 bits per heavy atom. The van der Waals surface area contributed by atoms with Crippen LogP contribution in [0.1, 0.15) is 40.0 Å². The average molecular weight is 465 g/mol. The second-order valence-corrected chi connectivity index (χ2v) is 7.99. The molecular weight excluding hydrogens is 445 g/mol. The molecule has 4 rings (SSSR count). The number of hydrogen-bond acceptors (Lipinski definition) is 4. The zero-order valence-electron chi connectivity index (χ0n) is 17.2.